The molecule has 2 aromatic rings. The molecule has 1 aliphatic rings. The fraction of sp³-hybridized carbons (Fsp3) is 0.278. The largest absolute Gasteiger partial charge is 0.365 e. The monoisotopic (exact) mass is 339 g/mol. The number of nitriles is 1. The number of rotatable bonds is 4. The topological polar surface area (TPSA) is 86.2 Å². The molecule has 0 saturated carbocycles. The van der Waals surface area contributed by atoms with E-state index in [0.717, 1.165) is 18.7 Å². The summed E-state index contributed by atoms with van der Waals surface area (Å²) in [6.45, 7) is 3.61. The van der Waals surface area contributed by atoms with E-state index < -0.39 is 11.7 Å². The lowest BCUT2D eigenvalue weighted by atomic mass is 10.1. The summed E-state index contributed by atoms with van der Waals surface area (Å²) in [7, 11) is 0. The van der Waals surface area contributed by atoms with Crippen LogP contribution in [0.3, 0.4) is 0 Å². The molecule has 0 bridgehead atoms. The molecule has 1 aromatic carbocycles. The Labute approximate surface area is 145 Å². The van der Waals surface area contributed by atoms with Gasteiger partial charge in [-0.15, -0.1) is 0 Å². The highest BCUT2D eigenvalue weighted by Gasteiger charge is 2.21. The number of nitrogens with zero attached hydrogens (tertiary/aromatic N) is 4. The Kier molecular flexibility index (Phi) is 4.91. The molecule has 0 radical (unpaired) electrons. The van der Waals surface area contributed by atoms with Gasteiger partial charge in [-0.05, 0) is 29.8 Å². The van der Waals surface area contributed by atoms with Gasteiger partial charge < -0.3 is 10.6 Å². The van der Waals surface area contributed by atoms with Gasteiger partial charge >= 0.3 is 0 Å². The van der Waals surface area contributed by atoms with Crippen LogP contribution < -0.4 is 10.6 Å². The third-order valence-corrected chi connectivity index (χ3v) is 4.28. The van der Waals surface area contributed by atoms with Crippen LogP contribution in [0.4, 0.5) is 10.2 Å². The quantitative estimate of drug-likeness (QED) is 0.912. The second-order valence-electron chi connectivity index (χ2n) is 5.93. The van der Waals surface area contributed by atoms with E-state index in [1.54, 1.807) is 30.5 Å². The van der Waals surface area contributed by atoms with Crippen molar-refractivity contribution in [3.05, 3.63) is 59.0 Å². The first kappa shape index (κ1) is 16.9. The number of benzene rings is 1. The summed E-state index contributed by atoms with van der Waals surface area (Å²) in [4.78, 5) is 20.1. The molecule has 0 aliphatic carbocycles. The molecule has 7 heteroatoms. The van der Waals surface area contributed by atoms with Gasteiger partial charge in [-0.2, -0.15) is 5.26 Å². The number of aromatic nitrogens is 1. The van der Waals surface area contributed by atoms with E-state index in [0.29, 0.717) is 31.0 Å². The lowest BCUT2D eigenvalue weighted by molar-refractivity contribution is 0.1000. The predicted octanol–water partition coefficient (Wildman–Crippen LogP) is 1.51. The van der Waals surface area contributed by atoms with Gasteiger partial charge in [-0.1, -0.05) is 6.07 Å². The number of amides is 1. The lowest BCUT2D eigenvalue weighted by Crippen LogP contribution is -2.46. The Bertz CT molecular complexity index is 824. The minimum atomic E-state index is -0.495. The molecule has 0 unspecified atom stereocenters. The van der Waals surface area contributed by atoms with E-state index in [4.69, 9.17) is 11.0 Å². The Hall–Kier alpha value is -2.98. The Morgan fingerprint density at radius 1 is 1.28 bits per heavy atom. The van der Waals surface area contributed by atoms with Crippen LogP contribution in [0, 0.1) is 17.1 Å². The van der Waals surface area contributed by atoms with E-state index >= 15 is 0 Å². The zero-order valence-corrected chi connectivity index (χ0v) is 13.7. The summed E-state index contributed by atoms with van der Waals surface area (Å²) in [6, 6.07) is 9.86. The number of nitrogens with two attached hydrogens (primary N) is 1. The Morgan fingerprint density at radius 2 is 2.04 bits per heavy atom. The van der Waals surface area contributed by atoms with E-state index in [2.05, 4.69) is 9.88 Å². The van der Waals surface area contributed by atoms with Crippen molar-refractivity contribution < 1.29 is 9.18 Å². The average Bonchev–Trinajstić information content (AvgIpc) is 2.64. The smallest absolute Gasteiger partial charge is 0.252 e. The van der Waals surface area contributed by atoms with E-state index in [-0.39, 0.29) is 5.56 Å². The van der Waals surface area contributed by atoms with Crippen molar-refractivity contribution in [1.29, 1.82) is 5.26 Å². The number of hydrogen-bond donors (Lipinski definition) is 1. The molecular weight excluding hydrogens is 321 g/mol. The molecule has 1 aliphatic heterocycles. The number of anilines is 1. The van der Waals surface area contributed by atoms with E-state index in [1.807, 2.05) is 11.0 Å². The molecule has 2 heterocycles. The van der Waals surface area contributed by atoms with Gasteiger partial charge in [0.1, 0.15) is 17.7 Å². The van der Waals surface area contributed by atoms with Crippen LogP contribution >= 0.6 is 0 Å². The highest BCUT2D eigenvalue weighted by molar-refractivity contribution is 5.97. The standard InChI is InChI=1S/C18H18FN5O/c19-16-4-3-13(10-14(16)11-20)12-23-6-8-24(9-7-23)18-15(17(21)25)2-1-5-22-18/h1-5,10H,6-9,12H2,(H2,21,25). The Balaban J connectivity index is 1.65. The van der Waals surface area contributed by atoms with Crippen molar-refractivity contribution in [2.24, 2.45) is 5.73 Å². The van der Waals surface area contributed by atoms with E-state index in [1.165, 1.54) is 6.07 Å². The fourth-order valence-electron chi connectivity index (χ4n) is 2.97. The van der Waals surface area contributed by atoms with Crippen LogP contribution in [0.2, 0.25) is 0 Å². The molecule has 1 fully saturated rings. The van der Waals surface area contributed by atoms with Crippen LogP contribution in [0.5, 0.6) is 0 Å². The van der Waals surface area contributed by atoms with Crippen molar-refractivity contribution in [1.82, 2.24) is 9.88 Å². The molecule has 0 atom stereocenters. The van der Waals surface area contributed by atoms with Crippen LogP contribution in [0.25, 0.3) is 0 Å². The maximum atomic E-state index is 13.4. The summed E-state index contributed by atoms with van der Waals surface area (Å²) < 4.78 is 13.4. The van der Waals surface area contributed by atoms with Crippen LogP contribution in [0.15, 0.2) is 36.5 Å². The average molecular weight is 339 g/mol. The summed E-state index contributed by atoms with van der Waals surface area (Å²) in [5, 5.41) is 8.93. The van der Waals surface area contributed by atoms with Crippen molar-refractivity contribution in [3.8, 4) is 6.07 Å². The highest BCUT2D eigenvalue weighted by atomic mass is 19.1. The zero-order valence-electron chi connectivity index (χ0n) is 13.7. The molecule has 1 aromatic heterocycles. The lowest BCUT2D eigenvalue weighted by Gasteiger charge is -2.36. The molecule has 6 nitrogen and oxygen atoms in total. The van der Waals surface area contributed by atoms with Crippen LogP contribution in [-0.4, -0.2) is 42.0 Å². The second kappa shape index (κ2) is 7.28. The molecular formula is C18H18FN5O. The minimum absolute atomic E-state index is 0.0655. The second-order valence-corrected chi connectivity index (χ2v) is 5.93. The number of pyridine rings is 1. The number of hydrogen-bond acceptors (Lipinski definition) is 5. The number of primary amides is 1. The zero-order chi connectivity index (χ0) is 17.8. The fourth-order valence-corrected chi connectivity index (χ4v) is 2.97. The van der Waals surface area contributed by atoms with Gasteiger partial charge in [-0.3, -0.25) is 9.69 Å². The molecule has 128 valence electrons. The van der Waals surface area contributed by atoms with Gasteiger partial charge in [0.15, 0.2) is 0 Å². The number of carbonyl (C=O) groups is 1. The Morgan fingerprint density at radius 3 is 2.72 bits per heavy atom. The van der Waals surface area contributed by atoms with E-state index in [9.17, 15) is 9.18 Å². The maximum Gasteiger partial charge on any atom is 0.252 e. The number of halogens is 1. The van der Waals surface area contributed by atoms with Crippen LogP contribution in [0.1, 0.15) is 21.5 Å². The van der Waals surface area contributed by atoms with Gasteiger partial charge in [0, 0.05) is 38.9 Å². The maximum absolute atomic E-state index is 13.4. The van der Waals surface area contributed by atoms with Gasteiger partial charge in [0.2, 0.25) is 0 Å². The van der Waals surface area contributed by atoms with Crippen molar-refractivity contribution >= 4 is 11.7 Å². The molecule has 1 amide bonds. The molecule has 2 N–H and O–H groups in total. The minimum Gasteiger partial charge on any atom is -0.365 e. The SMILES string of the molecule is N#Cc1cc(CN2CCN(c3ncccc3C(N)=O)CC2)ccc1F. The molecule has 0 spiro atoms. The van der Waals surface area contributed by atoms with Gasteiger partial charge in [0.25, 0.3) is 5.91 Å². The van der Waals surface area contributed by atoms with Crippen molar-refractivity contribution in [2.75, 3.05) is 31.1 Å². The first-order valence-electron chi connectivity index (χ1n) is 7.99. The van der Waals surface area contributed by atoms with Gasteiger partial charge in [-0.25, -0.2) is 9.37 Å². The third kappa shape index (κ3) is 3.75. The third-order valence-electron chi connectivity index (χ3n) is 4.28. The summed E-state index contributed by atoms with van der Waals surface area (Å²) in [5.74, 6) is -0.366. The number of carbonyl (C=O) groups excluding carboxylic acids is 1. The summed E-state index contributed by atoms with van der Waals surface area (Å²) >= 11 is 0. The normalized spacial score (nSPS) is 15.0. The molecule has 25 heavy (non-hydrogen) atoms. The van der Waals surface area contributed by atoms with Gasteiger partial charge in [0.05, 0.1) is 11.1 Å². The summed E-state index contributed by atoms with van der Waals surface area (Å²) in [6.07, 6.45) is 1.65. The van der Waals surface area contributed by atoms with Crippen molar-refractivity contribution in [3.63, 3.8) is 0 Å². The predicted molar refractivity (Wildman–Crippen MR) is 91.4 cm³/mol. The first-order valence-corrected chi connectivity index (χ1v) is 7.99. The molecule has 3 rings (SSSR count). The first-order chi connectivity index (χ1) is 12.1. The molecule has 1 saturated heterocycles. The highest BCUT2D eigenvalue weighted by Crippen LogP contribution is 2.19. The summed E-state index contributed by atoms with van der Waals surface area (Å²) in [5.41, 5.74) is 6.81. The van der Waals surface area contributed by atoms with Crippen LogP contribution in [-0.2, 0) is 6.54 Å². The van der Waals surface area contributed by atoms with Crippen molar-refractivity contribution in [2.45, 2.75) is 6.54 Å². The number of piperazine rings is 1.